The average molecular weight is 383 g/mol. The van der Waals surface area contributed by atoms with E-state index < -0.39 is 0 Å². The number of halogens is 1. The molecule has 2 bridgehead atoms. The molecule has 4 rings (SSSR count). The van der Waals surface area contributed by atoms with E-state index in [2.05, 4.69) is 26.0 Å². The molecule has 0 saturated carbocycles. The summed E-state index contributed by atoms with van der Waals surface area (Å²) < 4.78 is 8.21. The third kappa shape index (κ3) is 2.24. The maximum Gasteiger partial charge on any atom is 0.272 e. The van der Waals surface area contributed by atoms with Crippen LogP contribution in [0.2, 0.25) is 0 Å². The molecule has 0 aliphatic carbocycles. The second-order valence-electron chi connectivity index (χ2n) is 5.60. The molecule has 2 aliphatic rings. The maximum absolute atomic E-state index is 12.7. The molecule has 116 valence electrons. The monoisotopic (exact) mass is 382 g/mol. The molecule has 0 radical (unpaired) electrons. The fourth-order valence-electron chi connectivity index (χ4n) is 3.16. The van der Waals surface area contributed by atoms with E-state index >= 15 is 0 Å². The highest BCUT2D eigenvalue weighted by molar-refractivity contribution is 9.10. The smallest absolute Gasteiger partial charge is 0.272 e. The number of carbonyl (C=O) groups excluding carboxylic acids is 1. The number of carbonyl (C=O) groups is 1. The Balaban J connectivity index is 1.69. The number of ether oxygens (including phenoxy) is 1. The predicted octanol–water partition coefficient (Wildman–Crippen LogP) is 2.13. The quantitative estimate of drug-likeness (QED) is 0.813. The molecule has 2 aromatic heterocycles. The number of likely N-dealkylation sites (tertiary alicyclic amines) is 1. The van der Waals surface area contributed by atoms with Gasteiger partial charge in [0.25, 0.3) is 5.91 Å². The van der Waals surface area contributed by atoms with E-state index in [1.807, 2.05) is 21.9 Å². The van der Waals surface area contributed by atoms with Crippen molar-refractivity contribution < 1.29 is 9.53 Å². The Labute approximate surface area is 140 Å². The van der Waals surface area contributed by atoms with E-state index in [1.54, 1.807) is 18.0 Å². The summed E-state index contributed by atoms with van der Waals surface area (Å²) in [5.74, 6) is 0.730. The van der Waals surface area contributed by atoms with Gasteiger partial charge in [0.05, 0.1) is 35.5 Å². The summed E-state index contributed by atoms with van der Waals surface area (Å²) in [6.45, 7) is 1.32. The second-order valence-corrected chi connectivity index (χ2v) is 7.18. The Morgan fingerprint density at radius 1 is 1.59 bits per heavy atom. The van der Waals surface area contributed by atoms with Crippen molar-refractivity contribution in [2.75, 3.05) is 19.4 Å². The first kappa shape index (κ1) is 14.5. The minimum absolute atomic E-state index is 0.00859. The predicted molar refractivity (Wildman–Crippen MR) is 87.9 cm³/mol. The van der Waals surface area contributed by atoms with Gasteiger partial charge in [0.15, 0.2) is 0 Å². The number of thioether (sulfide) groups is 1. The molecule has 4 heterocycles. The average Bonchev–Trinajstić information content (AvgIpc) is 3.22. The van der Waals surface area contributed by atoms with Crippen LogP contribution in [0.25, 0.3) is 10.9 Å². The standard InChI is InChI=1S/C14H15BrN4O2S/c1-22-7-19-12-3-11(16-4-10(12)13(15)17-19)14(20)18-5-9-2-8(18)6-21-9/h3-4,8-9H,2,5-7H2,1H3. The van der Waals surface area contributed by atoms with Gasteiger partial charge in [-0.1, -0.05) is 0 Å². The van der Waals surface area contributed by atoms with Crippen molar-refractivity contribution >= 4 is 44.5 Å². The number of morpholine rings is 1. The van der Waals surface area contributed by atoms with Crippen LogP contribution >= 0.6 is 27.7 Å². The van der Waals surface area contributed by atoms with Crippen molar-refractivity contribution in [2.24, 2.45) is 0 Å². The summed E-state index contributed by atoms with van der Waals surface area (Å²) in [6, 6.07) is 2.05. The van der Waals surface area contributed by atoms with Crippen molar-refractivity contribution in [2.45, 2.75) is 24.4 Å². The third-order valence-electron chi connectivity index (χ3n) is 4.22. The molecular formula is C14H15BrN4O2S. The van der Waals surface area contributed by atoms with Crippen molar-refractivity contribution in [1.29, 1.82) is 0 Å². The zero-order chi connectivity index (χ0) is 15.3. The van der Waals surface area contributed by atoms with Crippen LogP contribution in [0.4, 0.5) is 0 Å². The number of aromatic nitrogens is 3. The third-order valence-corrected chi connectivity index (χ3v) is 5.31. The number of hydrogen-bond donors (Lipinski definition) is 0. The second kappa shape index (κ2) is 5.50. The molecule has 0 aromatic carbocycles. The molecule has 2 unspecified atom stereocenters. The summed E-state index contributed by atoms with van der Waals surface area (Å²) >= 11 is 5.13. The fraction of sp³-hybridized carbons (Fsp3) is 0.500. The molecule has 22 heavy (non-hydrogen) atoms. The molecular weight excluding hydrogens is 368 g/mol. The summed E-state index contributed by atoms with van der Waals surface area (Å²) in [5, 5.41) is 5.37. The lowest BCUT2D eigenvalue weighted by Crippen LogP contribution is -2.41. The Morgan fingerprint density at radius 3 is 3.14 bits per heavy atom. The molecule has 2 aliphatic heterocycles. The van der Waals surface area contributed by atoms with E-state index in [0.29, 0.717) is 18.8 Å². The summed E-state index contributed by atoms with van der Waals surface area (Å²) in [5.41, 5.74) is 1.41. The Kier molecular flexibility index (Phi) is 3.62. The van der Waals surface area contributed by atoms with E-state index in [4.69, 9.17) is 4.74 Å². The van der Waals surface area contributed by atoms with E-state index in [-0.39, 0.29) is 18.1 Å². The topological polar surface area (TPSA) is 60.2 Å². The van der Waals surface area contributed by atoms with Gasteiger partial charge < -0.3 is 9.64 Å². The van der Waals surface area contributed by atoms with Crippen LogP contribution in [0.1, 0.15) is 16.9 Å². The molecule has 1 amide bonds. The number of fused-ring (bicyclic) bond motifs is 3. The van der Waals surface area contributed by atoms with Crippen LogP contribution in [0.15, 0.2) is 16.9 Å². The highest BCUT2D eigenvalue weighted by Crippen LogP contribution is 2.30. The number of pyridine rings is 1. The summed E-state index contributed by atoms with van der Waals surface area (Å²) in [6.07, 6.45) is 4.90. The highest BCUT2D eigenvalue weighted by atomic mass is 79.9. The molecule has 8 heteroatoms. The Hall–Kier alpha value is -1.12. The molecule has 2 aromatic rings. The van der Waals surface area contributed by atoms with Crippen LogP contribution in [0, 0.1) is 0 Å². The number of hydrogen-bond acceptors (Lipinski definition) is 5. The van der Waals surface area contributed by atoms with Gasteiger partial charge in [-0.25, -0.2) is 0 Å². The SMILES string of the molecule is CSCn1nc(Br)c2cnc(C(=O)N3CC4CC3CO4)cc21. The first-order valence-corrected chi connectivity index (χ1v) is 9.29. The molecule has 2 saturated heterocycles. The normalized spacial score (nSPS) is 23.6. The maximum atomic E-state index is 12.7. The molecule has 6 nitrogen and oxygen atoms in total. The van der Waals surface area contributed by atoms with Crippen LogP contribution in [0.3, 0.4) is 0 Å². The zero-order valence-electron chi connectivity index (χ0n) is 12.0. The van der Waals surface area contributed by atoms with Gasteiger partial charge in [-0.2, -0.15) is 5.10 Å². The van der Waals surface area contributed by atoms with Crippen molar-refractivity contribution in [3.05, 3.63) is 22.6 Å². The first-order valence-electron chi connectivity index (χ1n) is 7.11. The fourth-order valence-corrected chi connectivity index (χ4v) is 4.10. The molecule has 2 atom stereocenters. The van der Waals surface area contributed by atoms with Crippen LogP contribution in [-0.4, -0.2) is 57.1 Å². The Bertz CT molecular complexity index is 750. The lowest BCUT2D eigenvalue weighted by molar-refractivity contribution is 0.0256. The minimum atomic E-state index is -0.00859. The van der Waals surface area contributed by atoms with E-state index in [1.165, 1.54) is 0 Å². The van der Waals surface area contributed by atoms with Gasteiger partial charge >= 0.3 is 0 Å². The van der Waals surface area contributed by atoms with Crippen LogP contribution in [-0.2, 0) is 10.6 Å². The van der Waals surface area contributed by atoms with Crippen molar-refractivity contribution in [3.63, 3.8) is 0 Å². The highest BCUT2D eigenvalue weighted by Gasteiger charge is 2.42. The molecule has 0 spiro atoms. The Morgan fingerprint density at radius 2 is 2.45 bits per heavy atom. The number of rotatable bonds is 3. The molecule has 0 N–H and O–H groups in total. The van der Waals surface area contributed by atoms with Crippen molar-refractivity contribution in [3.8, 4) is 0 Å². The van der Waals surface area contributed by atoms with Gasteiger partial charge in [-0.05, 0) is 34.7 Å². The number of nitrogens with zero attached hydrogens (tertiary/aromatic N) is 4. The van der Waals surface area contributed by atoms with Crippen LogP contribution in [0.5, 0.6) is 0 Å². The van der Waals surface area contributed by atoms with Gasteiger partial charge in [0, 0.05) is 12.7 Å². The largest absolute Gasteiger partial charge is 0.374 e. The van der Waals surface area contributed by atoms with Crippen molar-refractivity contribution in [1.82, 2.24) is 19.7 Å². The molecule has 2 fully saturated rings. The summed E-state index contributed by atoms with van der Waals surface area (Å²) in [4.78, 5) is 19.0. The van der Waals surface area contributed by atoms with Gasteiger partial charge in [-0.15, -0.1) is 11.8 Å². The van der Waals surface area contributed by atoms with E-state index in [9.17, 15) is 4.79 Å². The van der Waals surface area contributed by atoms with Crippen LogP contribution < -0.4 is 0 Å². The minimum Gasteiger partial charge on any atom is -0.374 e. The zero-order valence-corrected chi connectivity index (χ0v) is 14.4. The van der Waals surface area contributed by atoms with Gasteiger partial charge in [-0.3, -0.25) is 14.5 Å². The summed E-state index contributed by atoms with van der Waals surface area (Å²) in [7, 11) is 0. The van der Waals surface area contributed by atoms with E-state index in [0.717, 1.165) is 27.8 Å². The van der Waals surface area contributed by atoms with Gasteiger partial charge in [0.1, 0.15) is 10.3 Å². The lowest BCUT2D eigenvalue weighted by Gasteiger charge is -2.26. The lowest BCUT2D eigenvalue weighted by atomic mass is 10.2. The first-order chi connectivity index (χ1) is 10.7. The number of amides is 1. The van der Waals surface area contributed by atoms with Gasteiger partial charge in [0.2, 0.25) is 0 Å².